The van der Waals surface area contributed by atoms with Crippen LogP contribution in [-0.2, 0) is 0 Å². The number of halogens is 3. The first-order valence-electron chi connectivity index (χ1n) is 5.11. The summed E-state index contributed by atoms with van der Waals surface area (Å²) in [7, 11) is 0. The van der Waals surface area contributed by atoms with E-state index in [0.29, 0.717) is 29.2 Å². The predicted molar refractivity (Wildman–Crippen MR) is 60.0 cm³/mol. The number of nitrogens with one attached hydrogen (secondary N) is 1. The van der Waals surface area contributed by atoms with Gasteiger partial charge in [0.05, 0.1) is 5.69 Å². The molecule has 0 fully saturated rings. The summed E-state index contributed by atoms with van der Waals surface area (Å²) in [6.45, 7) is 2.15. The molecule has 17 heavy (non-hydrogen) atoms. The summed E-state index contributed by atoms with van der Waals surface area (Å²) >= 11 is 1.16. The molecular weight excluding hydrogens is 251 g/mol. The van der Waals surface area contributed by atoms with Crippen LogP contribution in [-0.4, -0.2) is 17.1 Å². The number of nitrogens with zero attached hydrogens (tertiary/aromatic N) is 2. The van der Waals surface area contributed by atoms with Crippen LogP contribution in [0.25, 0.3) is 0 Å². The molecule has 94 valence electrons. The van der Waals surface area contributed by atoms with Crippen LogP contribution in [0.4, 0.5) is 18.2 Å². The molecule has 0 aromatic carbocycles. The third-order valence-corrected chi connectivity index (χ3v) is 3.04. The summed E-state index contributed by atoms with van der Waals surface area (Å²) in [6.07, 6.45) is -4.34. The van der Waals surface area contributed by atoms with E-state index in [1.54, 1.807) is 6.92 Å². The standard InChI is InChI=1S/C10H12F3N3S/c1-7-8(6-14)9(17-16-7)15-5-3-2-4-10(11,12)13/h15H,2-5H2,1H3. The highest BCUT2D eigenvalue weighted by molar-refractivity contribution is 7.10. The van der Waals surface area contributed by atoms with Crippen molar-refractivity contribution in [2.24, 2.45) is 0 Å². The van der Waals surface area contributed by atoms with Crippen molar-refractivity contribution in [1.82, 2.24) is 4.37 Å². The van der Waals surface area contributed by atoms with Gasteiger partial charge in [-0.2, -0.15) is 22.8 Å². The summed E-state index contributed by atoms with van der Waals surface area (Å²) < 4.78 is 39.6. The molecule has 0 aliphatic rings. The van der Waals surface area contributed by atoms with Crippen molar-refractivity contribution in [2.75, 3.05) is 11.9 Å². The van der Waals surface area contributed by atoms with E-state index in [-0.39, 0.29) is 6.42 Å². The maximum Gasteiger partial charge on any atom is 0.389 e. The SMILES string of the molecule is Cc1nsc(NCCCCC(F)(F)F)c1C#N. The Labute approximate surface area is 101 Å². The minimum Gasteiger partial charge on any atom is -0.375 e. The van der Waals surface area contributed by atoms with E-state index in [4.69, 9.17) is 5.26 Å². The lowest BCUT2D eigenvalue weighted by Crippen LogP contribution is -2.08. The molecule has 7 heteroatoms. The second kappa shape index (κ2) is 5.87. The number of hydrogen-bond donors (Lipinski definition) is 1. The van der Waals surface area contributed by atoms with Crippen LogP contribution < -0.4 is 5.32 Å². The summed E-state index contributed by atoms with van der Waals surface area (Å²) in [4.78, 5) is 0. The van der Waals surface area contributed by atoms with Crippen LogP contribution >= 0.6 is 11.5 Å². The van der Waals surface area contributed by atoms with Crippen molar-refractivity contribution in [1.29, 1.82) is 5.26 Å². The zero-order chi connectivity index (χ0) is 12.9. The maximum atomic E-state index is 11.9. The Kier molecular flexibility index (Phi) is 4.75. The Hall–Kier alpha value is -1.29. The van der Waals surface area contributed by atoms with E-state index < -0.39 is 12.6 Å². The molecule has 1 aromatic rings. The van der Waals surface area contributed by atoms with Gasteiger partial charge in [0.15, 0.2) is 0 Å². The largest absolute Gasteiger partial charge is 0.389 e. The highest BCUT2D eigenvalue weighted by Crippen LogP contribution is 2.24. The number of rotatable bonds is 5. The van der Waals surface area contributed by atoms with Crippen LogP contribution in [0.15, 0.2) is 0 Å². The fraction of sp³-hybridized carbons (Fsp3) is 0.600. The third-order valence-electron chi connectivity index (χ3n) is 2.15. The highest BCUT2D eigenvalue weighted by Gasteiger charge is 2.25. The topological polar surface area (TPSA) is 48.7 Å². The van der Waals surface area contributed by atoms with Gasteiger partial charge in [-0.05, 0) is 31.3 Å². The molecule has 0 bridgehead atoms. The van der Waals surface area contributed by atoms with Crippen LogP contribution in [0.1, 0.15) is 30.5 Å². The number of aryl methyl sites for hydroxylation is 1. The molecule has 1 heterocycles. The Morgan fingerprint density at radius 2 is 2.12 bits per heavy atom. The number of nitriles is 1. The van der Waals surface area contributed by atoms with Crippen molar-refractivity contribution < 1.29 is 13.2 Å². The highest BCUT2D eigenvalue weighted by atomic mass is 32.1. The summed E-state index contributed by atoms with van der Waals surface area (Å²) in [6, 6.07) is 2.01. The van der Waals surface area contributed by atoms with Crippen LogP contribution in [0, 0.1) is 18.3 Å². The molecule has 0 saturated heterocycles. The lowest BCUT2D eigenvalue weighted by molar-refractivity contribution is -0.135. The number of alkyl halides is 3. The molecule has 3 nitrogen and oxygen atoms in total. The monoisotopic (exact) mass is 263 g/mol. The van der Waals surface area contributed by atoms with Gasteiger partial charge in [0, 0.05) is 13.0 Å². The Morgan fingerprint density at radius 3 is 2.71 bits per heavy atom. The minimum atomic E-state index is -4.08. The van der Waals surface area contributed by atoms with E-state index in [0.717, 1.165) is 11.5 Å². The van der Waals surface area contributed by atoms with Crippen molar-refractivity contribution in [3.8, 4) is 6.07 Å². The van der Waals surface area contributed by atoms with Crippen LogP contribution in [0.5, 0.6) is 0 Å². The first-order chi connectivity index (χ1) is 7.94. The minimum absolute atomic E-state index is 0.0934. The second-order valence-electron chi connectivity index (χ2n) is 3.58. The summed E-state index contributed by atoms with van der Waals surface area (Å²) in [5.74, 6) is 0. The lowest BCUT2D eigenvalue weighted by atomic mass is 10.2. The van der Waals surface area contributed by atoms with Gasteiger partial charge < -0.3 is 5.32 Å². The van der Waals surface area contributed by atoms with Gasteiger partial charge in [-0.3, -0.25) is 0 Å². The third kappa shape index (κ3) is 4.61. The zero-order valence-electron chi connectivity index (χ0n) is 9.26. The van der Waals surface area contributed by atoms with Crippen molar-refractivity contribution >= 4 is 16.5 Å². The van der Waals surface area contributed by atoms with Gasteiger partial charge in [0.1, 0.15) is 16.6 Å². The molecule has 0 unspecified atom stereocenters. The molecule has 0 radical (unpaired) electrons. The first kappa shape index (κ1) is 13.8. The van der Waals surface area contributed by atoms with E-state index in [2.05, 4.69) is 9.69 Å². The van der Waals surface area contributed by atoms with Crippen molar-refractivity contribution in [3.05, 3.63) is 11.3 Å². The Morgan fingerprint density at radius 1 is 1.41 bits per heavy atom. The number of hydrogen-bond acceptors (Lipinski definition) is 4. The number of unbranched alkanes of at least 4 members (excludes halogenated alkanes) is 1. The molecule has 0 saturated carbocycles. The van der Waals surface area contributed by atoms with Gasteiger partial charge >= 0.3 is 6.18 Å². The van der Waals surface area contributed by atoms with E-state index in [1.807, 2.05) is 6.07 Å². The van der Waals surface area contributed by atoms with Crippen LogP contribution in [0.2, 0.25) is 0 Å². The van der Waals surface area contributed by atoms with Crippen LogP contribution in [0.3, 0.4) is 0 Å². The molecule has 1 rings (SSSR count). The lowest BCUT2D eigenvalue weighted by Gasteiger charge is -2.06. The molecule has 1 N–H and O–H groups in total. The fourth-order valence-corrected chi connectivity index (χ4v) is 2.05. The first-order valence-corrected chi connectivity index (χ1v) is 5.88. The zero-order valence-corrected chi connectivity index (χ0v) is 10.1. The number of anilines is 1. The smallest absolute Gasteiger partial charge is 0.375 e. The molecule has 0 aliphatic heterocycles. The Balaban J connectivity index is 2.30. The van der Waals surface area contributed by atoms with Gasteiger partial charge in [0.2, 0.25) is 0 Å². The Bertz CT molecular complexity index is 406. The summed E-state index contributed by atoms with van der Waals surface area (Å²) in [5, 5.41) is 12.4. The molecule has 0 aliphatic carbocycles. The normalized spacial score (nSPS) is 11.2. The predicted octanol–water partition coefficient (Wildman–Crippen LogP) is 3.47. The van der Waals surface area contributed by atoms with Gasteiger partial charge in [-0.1, -0.05) is 0 Å². The maximum absolute atomic E-state index is 11.9. The van der Waals surface area contributed by atoms with Crippen molar-refractivity contribution in [3.63, 3.8) is 0 Å². The quantitative estimate of drug-likeness (QED) is 0.827. The van der Waals surface area contributed by atoms with E-state index in [9.17, 15) is 13.2 Å². The molecular formula is C10H12F3N3S. The fourth-order valence-electron chi connectivity index (χ4n) is 1.27. The van der Waals surface area contributed by atoms with E-state index >= 15 is 0 Å². The molecule has 1 aromatic heterocycles. The number of aromatic nitrogens is 1. The van der Waals surface area contributed by atoms with E-state index in [1.165, 1.54) is 0 Å². The van der Waals surface area contributed by atoms with Crippen molar-refractivity contribution in [2.45, 2.75) is 32.4 Å². The van der Waals surface area contributed by atoms with Gasteiger partial charge in [-0.25, -0.2) is 0 Å². The van der Waals surface area contributed by atoms with Gasteiger partial charge in [0.25, 0.3) is 0 Å². The molecule has 0 amide bonds. The molecule has 0 atom stereocenters. The average Bonchev–Trinajstić information content (AvgIpc) is 2.57. The van der Waals surface area contributed by atoms with Gasteiger partial charge in [-0.15, -0.1) is 0 Å². The average molecular weight is 263 g/mol. The molecule has 0 spiro atoms. The summed E-state index contributed by atoms with van der Waals surface area (Å²) in [5.41, 5.74) is 1.13. The second-order valence-corrected chi connectivity index (χ2v) is 4.36.